The minimum absolute atomic E-state index is 0.249. The third-order valence-electron chi connectivity index (χ3n) is 3.36. The second-order valence-corrected chi connectivity index (χ2v) is 6.25. The van der Waals surface area contributed by atoms with Crippen LogP contribution in [0.15, 0.2) is 24.3 Å². The molecule has 3 N–H and O–H groups in total. The average molecular weight is 396 g/mol. The van der Waals surface area contributed by atoms with Gasteiger partial charge in [0, 0.05) is 22.3 Å². The van der Waals surface area contributed by atoms with Crippen molar-refractivity contribution in [3.8, 4) is 0 Å². The summed E-state index contributed by atoms with van der Waals surface area (Å²) in [6, 6.07) is 8.02. The Kier molecular flexibility index (Phi) is 4.37. The van der Waals surface area contributed by atoms with E-state index in [0.29, 0.717) is 11.9 Å². The molecule has 7 heteroatoms. The Bertz CT molecular complexity index is 627. The van der Waals surface area contributed by atoms with Gasteiger partial charge in [-0.25, -0.2) is 0 Å². The van der Waals surface area contributed by atoms with Gasteiger partial charge in [0.05, 0.1) is 0 Å². The molecule has 1 aliphatic rings. The molecule has 1 fully saturated rings. The van der Waals surface area contributed by atoms with E-state index in [1.165, 1.54) is 19.3 Å². The lowest BCUT2D eigenvalue weighted by molar-refractivity contribution is 0.568. The lowest BCUT2D eigenvalue weighted by atomic mass is 10.1. The molecule has 0 bridgehead atoms. The standard InChI is InChI=1S/C14H17IN6/c15-10-5-4-6-11(9-10)17-13-18-12(16)19-14(20-13)21-7-2-1-3-8-21/h4-6,9H,1-3,7-8H2,(H3,16,17,18,19,20). The highest BCUT2D eigenvalue weighted by Crippen LogP contribution is 2.20. The number of nitrogens with zero attached hydrogens (tertiary/aromatic N) is 4. The third kappa shape index (κ3) is 3.72. The molecular weight excluding hydrogens is 379 g/mol. The summed E-state index contributed by atoms with van der Waals surface area (Å²) >= 11 is 2.27. The van der Waals surface area contributed by atoms with Gasteiger partial charge in [0.1, 0.15) is 0 Å². The summed E-state index contributed by atoms with van der Waals surface area (Å²) in [5.41, 5.74) is 6.76. The largest absolute Gasteiger partial charge is 0.368 e. The average Bonchev–Trinajstić information content (AvgIpc) is 2.47. The third-order valence-corrected chi connectivity index (χ3v) is 4.03. The van der Waals surface area contributed by atoms with Gasteiger partial charge in [-0.3, -0.25) is 0 Å². The van der Waals surface area contributed by atoms with Crippen molar-refractivity contribution in [3.05, 3.63) is 27.8 Å². The maximum Gasteiger partial charge on any atom is 0.233 e. The predicted octanol–water partition coefficient (Wildman–Crippen LogP) is 2.79. The van der Waals surface area contributed by atoms with Crippen LogP contribution in [0, 0.1) is 3.57 Å². The quantitative estimate of drug-likeness (QED) is 0.777. The van der Waals surface area contributed by atoms with E-state index in [0.717, 1.165) is 22.3 Å². The molecule has 0 unspecified atom stereocenters. The minimum atomic E-state index is 0.249. The van der Waals surface area contributed by atoms with Gasteiger partial charge in [-0.1, -0.05) is 6.07 Å². The van der Waals surface area contributed by atoms with Crippen molar-refractivity contribution < 1.29 is 0 Å². The van der Waals surface area contributed by atoms with Crippen LogP contribution < -0.4 is 16.0 Å². The maximum atomic E-state index is 5.82. The van der Waals surface area contributed by atoms with Gasteiger partial charge in [0.15, 0.2) is 0 Å². The molecule has 21 heavy (non-hydrogen) atoms. The van der Waals surface area contributed by atoms with Crippen LogP contribution in [0.5, 0.6) is 0 Å². The number of rotatable bonds is 3. The molecule has 0 atom stereocenters. The monoisotopic (exact) mass is 396 g/mol. The zero-order valence-electron chi connectivity index (χ0n) is 11.6. The minimum Gasteiger partial charge on any atom is -0.368 e. The second kappa shape index (κ2) is 6.42. The summed E-state index contributed by atoms with van der Waals surface area (Å²) in [5, 5.41) is 3.19. The highest BCUT2D eigenvalue weighted by atomic mass is 127. The smallest absolute Gasteiger partial charge is 0.233 e. The molecule has 1 saturated heterocycles. The second-order valence-electron chi connectivity index (χ2n) is 5.00. The molecule has 1 aromatic carbocycles. The fraction of sp³-hybridized carbons (Fsp3) is 0.357. The molecule has 1 aliphatic heterocycles. The van der Waals surface area contributed by atoms with E-state index in [4.69, 9.17) is 5.73 Å². The SMILES string of the molecule is Nc1nc(Nc2cccc(I)c2)nc(N2CCCCC2)n1. The first-order valence-electron chi connectivity index (χ1n) is 7.00. The van der Waals surface area contributed by atoms with E-state index in [1.54, 1.807) is 0 Å². The van der Waals surface area contributed by atoms with Crippen LogP contribution in [0.3, 0.4) is 0 Å². The van der Waals surface area contributed by atoms with Gasteiger partial charge in [0.2, 0.25) is 17.8 Å². The van der Waals surface area contributed by atoms with E-state index < -0.39 is 0 Å². The lowest BCUT2D eigenvalue weighted by Crippen LogP contribution is -2.31. The number of nitrogens with two attached hydrogens (primary N) is 1. The molecule has 0 amide bonds. The Balaban J connectivity index is 1.83. The molecule has 110 valence electrons. The number of aromatic nitrogens is 3. The number of hydrogen-bond donors (Lipinski definition) is 2. The van der Waals surface area contributed by atoms with Crippen LogP contribution in [0.4, 0.5) is 23.5 Å². The van der Waals surface area contributed by atoms with Crippen molar-refractivity contribution in [2.45, 2.75) is 19.3 Å². The van der Waals surface area contributed by atoms with Crippen LogP contribution in [0.25, 0.3) is 0 Å². The van der Waals surface area contributed by atoms with Crippen LogP contribution in [0.2, 0.25) is 0 Å². The van der Waals surface area contributed by atoms with Gasteiger partial charge in [-0.15, -0.1) is 0 Å². The Morgan fingerprint density at radius 2 is 1.90 bits per heavy atom. The van der Waals surface area contributed by atoms with E-state index in [9.17, 15) is 0 Å². The summed E-state index contributed by atoms with van der Waals surface area (Å²) in [6.07, 6.45) is 3.61. The highest BCUT2D eigenvalue weighted by Gasteiger charge is 2.15. The van der Waals surface area contributed by atoms with E-state index >= 15 is 0 Å². The molecular formula is C14H17IN6. The molecule has 2 aromatic rings. The first-order valence-corrected chi connectivity index (χ1v) is 8.08. The molecule has 0 aliphatic carbocycles. The lowest BCUT2D eigenvalue weighted by Gasteiger charge is -2.26. The first-order chi connectivity index (χ1) is 10.2. The molecule has 1 aromatic heterocycles. The number of nitrogens with one attached hydrogen (secondary N) is 1. The summed E-state index contributed by atoms with van der Waals surface area (Å²) in [4.78, 5) is 15.1. The van der Waals surface area contributed by atoms with E-state index in [-0.39, 0.29) is 5.95 Å². The van der Waals surface area contributed by atoms with Crippen LogP contribution in [0.1, 0.15) is 19.3 Å². The van der Waals surface area contributed by atoms with Crippen LogP contribution in [-0.2, 0) is 0 Å². The van der Waals surface area contributed by atoms with E-state index in [2.05, 4.69) is 47.8 Å². The Morgan fingerprint density at radius 3 is 2.67 bits per heavy atom. The molecule has 3 rings (SSSR count). The number of nitrogen functional groups attached to an aromatic ring is 1. The molecule has 0 saturated carbocycles. The normalized spacial score (nSPS) is 15.0. The number of anilines is 4. The summed E-state index contributed by atoms with van der Waals surface area (Å²) in [5.74, 6) is 1.40. The predicted molar refractivity (Wildman–Crippen MR) is 92.7 cm³/mol. The van der Waals surface area contributed by atoms with Crippen molar-refractivity contribution >= 4 is 46.1 Å². The maximum absolute atomic E-state index is 5.82. The van der Waals surface area contributed by atoms with Gasteiger partial charge >= 0.3 is 0 Å². The van der Waals surface area contributed by atoms with Gasteiger partial charge < -0.3 is 16.0 Å². The fourth-order valence-corrected chi connectivity index (χ4v) is 2.91. The summed E-state index contributed by atoms with van der Waals surface area (Å²) in [7, 11) is 0. The van der Waals surface area contributed by atoms with E-state index in [1.807, 2.05) is 24.3 Å². The topological polar surface area (TPSA) is 80.0 Å². The Morgan fingerprint density at radius 1 is 1.10 bits per heavy atom. The molecule has 6 nitrogen and oxygen atoms in total. The summed E-state index contributed by atoms with van der Waals surface area (Å²) < 4.78 is 1.15. The fourth-order valence-electron chi connectivity index (χ4n) is 2.37. The van der Waals surface area contributed by atoms with Gasteiger partial charge in [-0.2, -0.15) is 15.0 Å². The van der Waals surface area contributed by atoms with Gasteiger partial charge in [0.25, 0.3) is 0 Å². The van der Waals surface area contributed by atoms with Crippen LogP contribution >= 0.6 is 22.6 Å². The molecule has 0 radical (unpaired) electrons. The zero-order valence-corrected chi connectivity index (χ0v) is 13.7. The Hall–Kier alpha value is -1.64. The van der Waals surface area contributed by atoms with Crippen molar-refractivity contribution in [3.63, 3.8) is 0 Å². The highest BCUT2D eigenvalue weighted by molar-refractivity contribution is 14.1. The first kappa shape index (κ1) is 14.3. The number of halogens is 1. The van der Waals surface area contributed by atoms with Crippen molar-refractivity contribution in [2.24, 2.45) is 0 Å². The van der Waals surface area contributed by atoms with Crippen molar-refractivity contribution in [1.82, 2.24) is 15.0 Å². The Labute approximate surface area is 137 Å². The number of benzene rings is 1. The van der Waals surface area contributed by atoms with Crippen molar-refractivity contribution in [2.75, 3.05) is 29.0 Å². The summed E-state index contributed by atoms with van der Waals surface area (Å²) in [6.45, 7) is 1.96. The number of piperidine rings is 1. The van der Waals surface area contributed by atoms with Crippen LogP contribution in [-0.4, -0.2) is 28.0 Å². The van der Waals surface area contributed by atoms with Gasteiger partial charge in [-0.05, 0) is 60.1 Å². The molecule has 2 heterocycles. The molecule has 0 spiro atoms. The zero-order chi connectivity index (χ0) is 14.7. The number of hydrogen-bond acceptors (Lipinski definition) is 6. The van der Waals surface area contributed by atoms with Crippen molar-refractivity contribution in [1.29, 1.82) is 0 Å².